The van der Waals surface area contributed by atoms with Crippen LogP contribution in [0.5, 0.6) is 0 Å². The lowest BCUT2D eigenvalue weighted by atomic mass is 9.95. The van der Waals surface area contributed by atoms with Gasteiger partial charge in [-0.05, 0) is 66.0 Å². The van der Waals surface area contributed by atoms with E-state index in [2.05, 4.69) is 41.5 Å². The molecule has 1 aliphatic carbocycles. The van der Waals surface area contributed by atoms with Crippen LogP contribution >= 0.6 is 22.8 Å². The molecule has 36 heavy (non-hydrogen) atoms. The Bertz CT molecular complexity index is 1240. The smallest absolute Gasteiger partial charge is 0.254 e. The average molecular weight is 548 g/mol. The molecule has 1 saturated heterocycles. The zero-order chi connectivity index (χ0) is 26.3. The van der Waals surface area contributed by atoms with Gasteiger partial charge in [0.05, 0.1) is 10.6 Å². The Morgan fingerprint density at radius 3 is 1.31 bits per heavy atom. The lowest BCUT2D eigenvalue weighted by molar-refractivity contribution is 0.293. The molecule has 9 heteroatoms. The van der Waals surface area contributed by atoms with Gasteiger partial charge in [-0.2, -0.15) is 0 Å². The normalized spacial score (nSPS) is 28.9. The monoisotopic (exact) mass is 548 g/mol. The van der Waals surface area contributed by atoms with Crippen molar-refractivity contribution in [1.29, 1.82) is 0 Å². The van der Waals surface area contributed by atoms with Crippen molar-refractivity contribution < 1.29 is 26.6 Å². The Morgan fingerprint density at radius 1 is 0.556 bits per heavy atom. The van der Waals surface area contributed by atoms with Crippen LogP contribution < -0.4 is 10.6 Å². The standard InChI is InChI=1S/C27H35O6P3/c1-19(2)22-7-13-25(14-8-22)34(28)31-35(29,26-15-9-23(10-16-26)20(3)4)33-36(30,32-34)27-17-11-24(12-18-27)21(5)6/h7-11,13-17,19-21H,12,18H2,1-6H3/t34-,35?,36?/m0/s1. The van der Waals surface area contributed by atoms with Crippen LogP contribution in [0.2, 0.25) is 0 Å². The van der Waals surface area contributed by atoms with Gasteiger partial charge in [0.1, 0.15) is 0 Å². The van der Waals surface area contributed by atoms with E-state index in [1.807, 2.05) is 30.3 Å². The number of benzene rings is 2. The third-order valence-corrected chi connectivity index (χ3v) is 14.7. The van der Waals surface area contributed by atoms with Crippen LogP contribution in [0, 0.1) is 5.92 Å². The predicted molar refractivity (Wildman–Crippen MR) is 147 cm³/mol. The van der Waals surface area contributed by atoms with E-state index in [1.54, 1.807) is 30.3 Å². The van der Waals surface area contributed by atoms with Crippen molar-refractivity contribution in [1.82, 2.24) is 0 Å². The first-order valence-electron chi connectivity index (χ1n) is 12.4. The van der Waals surface area contributed by atoms with E-state index in [0.717, 1.165) is 11.1 Å². The fourth-order valence-electron chi connectivity index (χ4n) is 4.20. The van der Waals surface area contributed by atoms with Gasteiger partial charge in [0, 0.05) is 5.31 Å². The molecule has 2 aliphatic rings. The van der Waals surface area contributed by atoms with Crippen LogP contribution in [0.3, 0.4) is 0 Å². The van der Waals surface area contributed by atoms with Crippen molar-refractivity contribution in [2.75, 3.05) is 0 Å². The topological polar surface area (TPSA) is 78.9 Å². The van der Waals surface area contributed by atoms with Crippen LogP contribution in [0.4, 0.5) is 0 Å². The van der Waals surface area contributed by atoms with Gasteiger partial charge in [-0.25, -0.2) is 12.9 Å². The molecule has 1 aliphatic heterocycles. The Balaban J connectivity index is 1.81. The molecular weight excluding hydrogens is 513 g/mol. The van der Waals surface area contributed by atoms with Gasteiger partial charge in [0.25, 0.3) is 0 Å². The molecule has 0 bridgehead atoms. The van der Waals surface area contributed by atoms with E-state index < -0.39 is 22.8 Å². The predicted octanol–water partition coefficient (Wildman–Crippen LogP) is 8.79. The molecule has 0 radical (unpaired) electrons. The quantitative estimate of drug-likeness (QED) is 0.336. The lowest BCUT2D eigenvalue weighted by Crippen LogP contribution is -2.20. The van der Waals surface area contributed by atoms with Crippen LogP contribution in [0.25, 0.3) is 0 Å². The van der Waals surface area contributed by atoms with E-state index in [-0.39, 0.29) is 22.4 Å². The van der Waals surface area contributed by atoms with Crippen molar-refractivity contribution >= 4 is 33.4 Å². The number of allylic oxidation sites excluding steroid dienone is 4. The van der Waals surface area contributed by atoms with Gasteiger partial charge in [-0.3, -0.25) is 13.7 Å². The van der Waals surface area contributed by atoms with E-state index in [1.165, 1.54) is 5.57 Å². The molecule has 0 amide bonds. The first-order valence-corrected chi connectivity index (χ1v) is 17.0. The molecule has 2 aromatic carbocycles. The van der Waals surface area contributed by atoms with Crippen LogP contribution in [-0.2, 0) is 26.6 Å². The van der Waals surface area contributed by atoms with Gasteiger partial charge in [-0.1, -0.05) is 83.5 Å². The summed E-state index contributed by atoms with van der Waals surface area (Å²) in [6.07, 6.45) is 4.67. The molecular formula is C27H35O6P3. The second-order valence-corrected chi connectivity index (χ2v) is 16.8. The molecule has 2 aromatic rings. The molecule has 4 rings (SSSR count). The first-order chi connectivity index (χ1) is 16.9. The Kier molecular flexibility index (Phi) is 7.90. The minimum Gasteiger partial charge on any atom is -0.254 e. The van der Waals surface area contributed by atoms with Gasteiger partial charge in [-0.15, -0.1) is 0 Å². The van der Waals surface area contributed by atoms with Crippen LogP contribution in [-0.4, -0.2) is 0 Å². The van der Waals surface area contributed by atoms with Crippen LogP contribution in [0.15, 0.2) is 71.6 Å². The number of hydrogen-bond donors (Lipinski definition) is 0. The summed E-state index contributed by atoms with van der Waals surface area (Å²) in [6, 6.07) is 13.8. The maximum atomic E-state index is 14.2. The molecule has 0 saturated carbocycles. The summed E-state index contributed by atoms with van der Waals surface area (Å²) in [6.45, 7) is 12.4. The SMILES string of the molecule is CC(C)C1=CC=C(P2(=O)OP(=O)(c3ccc(C(C)C)cc3)O[P@@](=O)(c3ccc(C(C)C)cc3)O2)CC1. The maximum Gasteiger partial charge on any atom is 0.376 e. The minimum absolute atomic E-state index is 0.198. The summed E-state index contributed by atoms with van der Waals surface area (Å²) in [7, 11) is -12.8. The van der Waals surface area contributed by atoms with Crippen LogP contribution in [0.1, 0.15) is 77.3 Å². The average Bonchev–Trinajstić information content (AvgIpc) is 2.83. The minimum atomic E-state index is -4.27. The fourth-order valence-corrected chi connectivity index (χ4v) is 12.8. The lowest BCUT2D eigenvalue weighted by Gasteiger charge is -2.36. The fraction of sp³-hybridized carbons (Fsp3) is 0.407. The van der Waals surface area contributed by atoms with Crippen molar-refractivity contribution in [2.45, 2.75) is 66.2 Å². The molecule has 2 unspecified atom stereocenters. The highest BCUT2D eigenvalue weighted by atomic mass is 31.3. The van der Waals surface area contributed by atoms with E-state index in [4.69, 9.17) is 12.9 Å². The van der Waals surface area contributed by atoms with Crippen molar-refractivity contribution in [3.8, 4) is 0 Å². The Labute approximate surface area is 214 Å². The first kappa shape index (κ1) is 27.5. The molecule has 6 nitrogen and oxygen atoms in total. The summed E-state index contributed by atoms with van der Waals surface area (Å²) in [5.41, 5.74) is 3.28. The highest BCUT2D eigenvalue weighted by Gasteiger charge is 2.56. The highest BCUT2D eigenvalue weighted by molar-refractivity contribution is 7.86. The molecule has 1 heterocycles. The second-order valence-electron chi connectivity index (χ2n) is 10.3. The van der Waals surface area contributed by atoms with E-state index in [0.29, 0.717) is 24.1 Å². The highest BCUT2D eigenvalue weighted by Crippen LogP contribution is 2.84. The third kappa shape index (κ3) is 5.51. The number of rotatable bonds is 6. The zero-order valence-electron chi connectivity index (χ0n) is 21.7. The summed E-state index contributed by atoms with van der Waals surface area (Å²) >= 11 is 0. The van der Waals surface area contributed by atoms with E-state index >= 15 is 0 Å². The Hall–Kier alpha value is -1.51. The second kappa shape index (κ2) is 10.3. The summed E-state index contributed by atoms with van der Waals surface area (Å²) < 4.78 is 59.9. The van der Waals surface area contributed by atoms with Gasteiger partial charge < -0.3 is 0 Å². The molecule has 0 aromatic heterocycles. The molecule has 0 N–H and O–H groups in total. The van der Waals surface area contributed by atoms with Crippen molar-refractivity contribution in [2.24, 2.45) is 5.92 Å². The van der Waals surface area contributed by atoms with Gasteiger partial charge in [0.15, 0.2) is 0 Å². The molecule has 1 fully saturated rings. The molecule has 3 atom stereocenters. The van der Waals surface area contributed by atoms with Gasteiger partial charge >= 0.3 is 22.8 Å². The van der Waals surface area contributed by atoms with Crippen molar-refractivity contribution in [3.05, 3.63) is 82.7 Å². The zero-order valence-corrected chi connectivity index (χ0v) is 24.4. The summed E-state index contributed by atoms with van der Waals surface area (Å²) in [5.74, 6) is 0.876. The molecule has 0 spiro atoms. The maximum absolute atomic E-state index is 14.2. The summed E-state index contributed by atoms with van der Waals surface area (Å²) in [4.78, 5) is 0. The van der Waals surface area contributed by atoms with E-state index in [9.17, 15) is 13.7 Å². The Morgan fingerprint density at radius 2 is 0.972 bits per heavy atom. The molecule has 194 valence electrons. The van der Waals surface area contributed by atoms with Gasteiger partial charge in [0.2, 0.25) is 0 Å². The largest absolute Gasteiger partial charge is 0.376 e. The van der Waals surface area contributed by atoms with Crippen molar-refractivity contribution in [3.63, 3.8) is 0 Å². The summed E-state index contributed by atoms with van der Waals surface area (Å²) in [5, 5.41) is 0.752. The third-order valence-electron chi connectivity index (χ3n) is 6.65. The number of hydrogen-bond acceptors (Lipinski definition) is 6.